The number of aliphatic hydroxyl groups excluding tert-OH is 21. The van der Waals surface area contributed by atoms with Crippen molar-refractivity contribution in [3.05, 3.63) is 0 Å². The minimum absolute atomic E-state index is 0.0234. The van der Waals surface area contributed by atoms with Crippen LogP contribution in [-0.4, -0.2) is 367 Å². The average molecular weight is 1420 g/mol. The van der Waals surface area contributed by atoms with Gasteiger partial charge in [0.1, 0.15) is 146 Å². The van der Waals surface area contributed by atoms with Gasteiger partial charge in [0, 0.05) is 12.3 Å². The second-order valence-corrected chi connectivity index (χ2v) is 30.0. The highest BCUT2D eigenvalue weighted by atomic mass is 16.8. The minimum atomic E-state index is -2.27. The summed E-state index contributed by atoms with van der Waals surface area (Å²) in [4.78, 5) is 0. The third-order valence-electron chi connectivity index (χ3n) is 24.4. The molecule has 11 fully saturated rings. The molecule has 0 bridgehead atoms. The summed E-state index contributed by atoms with van der Waals surface area (Å²) in [7, 11) is 0. The van der Waals surface area contributed by atoms with Gasteiger partial charge < -0.3 is 174 Å². The van der Waals surface area contributed by atoms with Gasteiger partial charge in [0.2, 0.25) is 0 Å². The van der Waals surface area contributed by atoms with Crippen molar-refractivity contribution in [2.24, 2.45) is 52.3 Å². The van der Waals surface area contributed by atoms with E-state index in [1.807, 2.05) is 13.8 Å². The smallest absolute Gasteiger partial charge is 0.187 e. The van der Waals surface area contributed by atoms with Gasteiger partial charge >= 0.3 is 0 Å². The maximum Gasteiger partial charge on any atom is 0.187 e. The van der Waals surface area contributed by atoms with Crippen molar-refractivity contribution in [2.75, 3.05) is 46.2 Å². The number of hydrogen-bond donors (Lipinski definition) is 22. The number of ether oxygens (including phenoxy) is 13. The van der Waals surface area contributed by atoms with Crippen molar-refractivity contribution in [1.82, 2.24) is 0 Å². The summed E-state index contributed by atoms with van der Waals surface area (Å²) in [5.74, 6) is -0.945. The first kappa shape index (κ1) is 77.7. The van der Waals surface area contributed by atoms with E-state index in [1.165, 1.54) is 0 Å². The van der Waals surface area contributed by atoms with E-state index in [-0.39, 0.29) is 65.0 Å². The molecule has 7 saturated heterocycles. The Kier molecular flexibility index (Phi) is 24.7. The van der Waals surface area contributed by atoms with Crippen LogP contribution in [0.15, 0.2) is 0 Å². The zero-order valence-corrected chi connectivity index (χ0v) is 55.1. The lowest BCUT2D eigenvalue weighted by Crippen LogP contribution is -2.69. The summed E-state index contributed by atoms with van der Waals surface area (Å²) in [6.07, 6.45) is -52.7. The molecule has 0 aromatic rings. The van der Waals surface area contributed by atoms with E-state index in [4.69, 9.17) is 61.6 Å². The van der Waals surface area contributed by atoms with Gasteiger partial charge in [0.25, 0.3) is 0 Å². The van der Waals surface area contributed by atoms with Gasteiger partial charge in [-0.3, -0.25) is 0 Å². The van der Waals surface area contributed by atoms with E-state index in [9.17, 15) is 112 Å². The second-order valence-electron chi connectivity index (χ2n) is 30.0. The molecule has 4 saturated carbocycles. The highest BCUT2D eigenvalue weighted by molar-refractivity contribution is 5.16. The molecule has 0 radical (unpaired) electrons. The van der Waals surface area contributed by atoms with E-state index in [0.717, 1.165) is 32.1 Å². The van der Waals surface area contributed by atoms with Gasteiger partial charge in [0.15, 0.2) is 43.5 Å². The molecule has 0 aromatic heterocycles. The zero-order chi connectivity index (χ0) is 71.1. The van der Waals surface area contributed by atoms with Gasteiger partial charge in [-0.1, -0.05) is 27.7 Å². The molecule has 11 rings (SSSR count). The Morgan fingerprint density at radius 2 is 0.878 bits per heavy atom. The van der Waals surface area contributed by atoms with Crippen LogP contribution in [0.4, 0.5) is 0 Å². The van der Waals surface area contributed by atoms with Gasteiger partial charge in [-0.05, 0) is 97.7 Å². The number of rotatable bonds is 22. The molecule has 7 aliphatic heterocycles. The molecule has 43 unspecified atom stereocenters. The molecule has 11 aliphatic rings. The van der Waals surface area contributed by atoms with Gasteiger partial charge in [-0.25, -0.2) is 0 Å². The molecule has 22 N–H and O–H groups in total. The summed E-state index contributed by atoms with van der Waals surface area (Å²) in [5, 5.41) is 240. The van der Waals surface area contributed by atoms with Crippen molar-refractivity contribution >= 4 is 0 Å². The molecule has 568 valence electrons. The Morgan fingerprint density at radius 1 is 0.429 bits per heavy atom. The van der Waals surface area contributed by atoms with Gasteiger partial charge in [-0.15, -0.1) is 0 Å². The lowest BCUT2D eigenvalue weighted by atomic mass is 9.44. The summed E-state index contributed by atoms with van der Waals surface area (Å²) >= 11 is 0. The van der Waals surface area contributed by atoms with Crippen LogP contribution >= 0.6 is 0 Å². The summed E-state index contributed by atoms with van der Waals surface area (Å²) in [5.41, 5.74) is -0.528. The lowest BCUT2D eigenvalue weighted by Gasteiger charge is -2.62. The van der Waals surface area contributed by atoms with Crippen molar-refractivity contribution in [2.45, 2.75) is 294 Å². The van der Waals surface area contributed by atoms with Crippen molar-refractivity contribution in [3.63, 3.8) is 0 Å². The van der Waals surface area contributed by atoms with E-state index < -0.39 is 242 Å². The second kappa shape index (κ2) is 31.2. The molecule has 0 spiro atoms. The van der Waals surface area contributed by atoms with Crippen molar-refractivity contribution < 1.29 is 174 Å². The summed E-state index contributed by atoms with van der Waals surface area (Å²) in [6, 6.07) is 0. The Labute approximate surface area is 564 Å². The maximum absolute atomic E-state index is 12.2. The molecular weight excluding hydrogens is 1320 g/mol. The first-order valence-corrected chi connectivity index (χ1v) is 34.5. The zero-order valence-electron chi connectivity index (χ0n) is 55.1. The molecule has 35 heteroatoms. The van der Waals surface area contributed by atoms with Gasteiger partial charge in [0.05, 0.1) is 64.6 Å². The molecule has 4 aliphatic carbocycles. The normalized spacial score (nSPS) is 55.5. The monoisotopic (exact) mass is 1420 g/mol. The summed E-state index contributed by atoms with van der Waals surface area (Å²) in [6.45, 7) is 3.13. The fourth-order valence-corrected chi connectivity index (χ4v) is 18.6. The molecule has 7 heterocycles. The van der Waals surface area contributed by atoms with Crippen molar-refractivity contribution in [3.8, 4) is 0 Å². The maximum atomic E-state index is 12.2. The Hall–Kier alpha value is -1.40. The first-order valence-electron chi connectivity index (χ1n) is 34.5. The van der Waals surface area contributed by atoms with Gasteiger partial charge in [-0.2, -0.15) is 0 Å². The first-order chi connectivity index (χ1) is 46.4. The van der Waals surface area contributed by atoms with E-state index in [1.54, 1.807) is 0 Å². The molecule has 0 aromatic carbocycles. The molecule has 98 heavy (non-hydrogen) atoms. The third-order valence-corrected chi connectivity index (χ3v) is 24.4. The van der Waals surface area contributed by atoms with E-state index in [2.05, 4.69) is 13.8 Å². The van der Waals surface area contributed by atoms with Crippen molar-refractivity contribution in [1.29, 1.82) is 0 Å². The SMILES string of the molecule is CC(CCC1(O)OC2CC3C4CCC5CC(OC6OC(CO)C(OC7OC(CO)C(O)C(OC8OC(CO)C(O)C(O)C8O)C7OC7OC(CO)C(O)C(OC8OC(CO)C(O)C(O)C8O)C7O)C(O)C6O)C(O)CC5(C)C4CCC3(C)C2C1C)COC1OC(CO)C(O)C(O)C1O. The Morgan fingerprint density at radius 3 is 1.44 bits per heavy atom. The van der Waals surface area contributed by atoms with Crippen LogP contribution < -0.4 is 0 Å². The van der Waals surface area contributed by atoms with Crippen LogP contribution in [0.2, 0.25) is 0 Å². The van der Waals surface area contributed by atoms with Crippen LogP contribution in [0.5, 0.6) is 0 Å². The van der Waals surface area contributed by atoms with Crippen LogP contribution in [0.1, 0.15) is 85.5 Å². The average Bonchev–Trinajstić information content (AvgIpc) is 1.41. The summed E-state index contributed by atoms with van der Waals surface area (Å²) < 4.78 is 77.7. The van der Waals surface area contributed by atoms with Crippen LogP contribution in [0, 0.1) is 52.3 Å². The fraction of sp³-hybridized carbons (Fsp3) is 1.00. The van der Waals surface area contributed by atoms with Crippen LogP contribution in [-0.2, 0) is 61.6 Å². The number of hydrogen-bond acceptors (Lipinski definition) is 35. The molecule has 0 amide bonds. The predicted octanol–water partition coefficient (Wildman–Crippen LogP) is -9.34. The Bertz CT molecular complexity index is 2550. The van der Waals surface area contributed by atoms with Crippen LogP contribution in [0.3, 0.4) is 0 Å². The fourth-order valence-electron chi connectivity index (χ4n) is 18.6. The topological polar surface area (TPSA) is 565 Å². The number of aliphatic hydroxyl groups is 22. The van der Waals surface area contributed by atoms with Crippen LogP contribution in [0.25, 0.3) is 0 Å². The van der Waals surface area contributed by atoms with E-state index in [0.29, 0.717) is 25.7 Å². The largest absolute Gasteiger partial charge is 0.394 e. The molecular formula is C63H106O35. The quantitative estimate of drug-likeness (QED) is 0.0448. The third kappa shape index (κ3) is 14.3. The highest BCUT2D eigenvalue weighted by Crippen LogP contribution is 2.71. The Balaban J connectivity index is 0.752. The highest BCUT2D eigenvalue weighted by Gasteiger charge is 2.69. The molecule has 35 nitrogen and oxygen atoms in total. The molecule has 43 atom stereocenters. The lowest BCUT2D eigenvalue weighted by molar-refractivity contribution is -0.412. The predicted molar refractivity (Wildman–Crippen MR) is 318 cm³/mol. The minimum Gasteiger partial charge on any atom is -0.394 e. The standard InChI is InChI=1S/C63H106O35/c1-21(20-86-55-46(80)42(76)37(71)30(14-64)88-55)7-10-63(85)22(2)36-29(98-63)12-26-24-6-5-23-11-28(27(70)13-62(23,4)25(24)8-9-61(26,36)3)87-56-49(83)45(79)51(35(19-69)93-56)94-60-54(53(41(75)34(18-68)92-60)96-58-48(82)44(78)39(73)32(16-66)90-58)97-59-50(84)52(40(74)33(17-67)91-59)95-57-47(81)43(77)38(72)31(15-65)89-57/h21-60,64-85H,5-20H2,1-4H3. The van der Waals surface area contributed by atoms with E-state index >= 15 is 0 Å². The number of fused-ring (bicyclic) bond motifs is 7.